The van der Waals surface area contributed by atoms with Crippen LogP contribution in [-0.4, -0.2) is 69.0 Å². The van der Waals surface area contributed by atoms with Crippen LogP contribution < -0.4 is 20.7 Å². The number of nitrogens with one attached hydrogen (secondary N) is 2. The molecule has 5 aromatic carbocycles. The van der Waals surface area contributed by atoms with Crippen molar-refractivity contribution in [3.8, 4) is 5.75 Å². The Morgan fingerprint density at radius 3 is 2.16 bits per heavy atom. The zero-order valence-corrected chi connectivity index (χ0v) is 35.0. The quantitative estimate of drug-likeness (QED) is 0.0191. The minimum absolute atomic E-state index is 0.0357. The van der Waals surface area contributed by atoms with E-state index in [1.165, 1.54) is 19.2 Å². The number of hydrogen-bond donors (Lipinski definition) is 7. The van der Waals surface area contributed by atoms with Crippen LogP contribution in [0.25, 0.3) is 10.8 Å². The third kappa shape index (κ3) is 9.95. The lowest BCUT2D eigenvalue weighted by atomic mass is 10.0. The Kier molecular flexibility index (Phi) is 12.6. The second-order valence-corrected chi connectivity index (χ2v) is 16.7. The highest BCUT2D eigenvalue weighted by atomic mass is 32.3. The largest absolute Gasteiger partial charge is 0.494 e. The van der Waals surface area contributed by atoms with Crippen molar-refractivity contribution in [2.75, 3.05) is 23.1 Å². The summed E-state index contributed by atoms with van der Waals surface area (Å²) in [6, 6.07) is 23.8. The number of allylic oxidation sites excluding steroid dienone is 7. The van der Waals surface area contributed by atoms with Crippen LogP contribution in [0.1, 0.15) is 5.56 Å². The van der Waals surface area contributed by atoms with Crippen molar-refractivity contribution >= 4 is 100.0 Å². The molecule has 0 amide bonds. The molecule has 0 saturated heterocycles. The number of sulfonamides is 1. The molecule has 21 heteroatoms. The summed E-state index contributed by atoms with van der Waals surface area (Å²) < 4.78 is 68.2. The first-order valence-corrected chi connectivity index (χ1v) is 21.5. The Morgan fingerprint density at radius 2 is 1.47 bits per heavy atom. The first kappa shape index (κ1) is 44.3. The topological polar surface area (TPSA) is 285 Å². The molecule has 19 nitrogen and oxygen atoms in total. The van der Waals surface area contributed by atoms with E-state index in [1.807, 2.05) is 37.3 Å². The molecule has 2 aliphatic carbocycles. The lowest BCUT2D eigenvalue weighted by Crippen LogP contribution is -2.16. The second kappa shape index (κ2) is 18.3. The molecule has 7 rings (SSSR count). The molecule has 0 bridgehead atoms. The van der Waals surface area contributed by atoms with E-state index in [9.17, 15) is 46.8 Å². The number of rotatable bonds is 13. The van der Waals surface area contributed by atoms with Crippen LogP contribution in [0, 0.1) is 6.92 Å². The highest BCUT2D eigenvalue weighted by Gasteiger charge is 2.31. The second-order valence-electron chi connectivity index (χ2n) is 13.7. The van der Waals surface area contributed by atoms with Crippen LogP contribution >= 0.6 is 0 Å². The SMILES string of the molecule is COc1cc(NN=C2C=CC(=Nc3ccc(S(=O)(=O)N=C4C=CC(=O)C(C(=O)O)=C4)cc3N(O)O)C=C2)c(C)cc1N=Nc1ccc(Nc2ccccc2)c2c([S+](=O)(O)O)cccc12. The lowest BCUT2D eigenvalue weighted by molar-refractivity contribution is -0.134. The van der Waals surface area contributed by atoms with E-state index in [0.29, 0.717) is 50.9 Å². The van der Waals surface area contributed by atoms with Crippen LogP contribution in [0.2, 0.25) is 0 Å². The van der Waals surface area contributed by atoms with Gasteiger partial charge in [-0.25, -0.2) is 9.79 Å². The molecule has 0 unspecified atom stereocenters. The van der Waals surface area contributed by atoms with Crippen molar-refractivity contribution in [2.45, 2.75) is 16.7 Å². The number of nitrogens with zero attached hydrogens (tertiary/aromatic N) is 6. The van der Waals surface area contributed by atoms with Gasteiger partial charge >= 0.3 is 16.5 Å². The Labute approximate surface area is 365 Å². The third-order valence-corrected chi connectivity index (χ3v) is 11.6. The maximum atomic E-state index is 13.0. The number of carbonyl (C=O) groups is 2. The maximum Gasteiger partial charge on any atom is 0.387 e. The number of aryl methyl sites for hydroxylation is 1. The molecule has 0 saturated carbocycles. The predicted octanol–water partition coefficient (Wildman–Crippen LogP) is 8.65. The van der Waals surface area contributed by atoms with Gasteiger partial charge in [-0.3, -0.25) is 20.6 Å². The molecule has 64 heavy (non-hydrogen) atoms. The van der Waals surface area contributed by atoms with Gasteiger partial charge in [-0.1, -0.05) is 30.3 Å². The Bertz CT molecular complexity index is 3130. The van der Waals surface area contributed by atoms with Gasteiger partial charge in [0.25, 0.3) is 10.0 Å². The summed E-state index contributed by atoms with van der Waals surface area (Å²) in [5.74, 6) is -2.04. The molecule has 0 fully saturated rings. The number of benzene rings is 5. The first-order chi connectivity index (χ1) is 30.5. The number of azo groups is 1. The van der Waals surface area contributed by atoms with Crippen LogP contribution in [0.3, 0.4) is 0 Å². The van der Waals surface area contributed by atoms with Crippen LogP contribution in [0.15, 0.2) is 174 Å². The molecule has 324 valence electrons. The Balaban J connectivity index is 1.08. The molecular weight excluding hydrogens is 869 g/mol. The minimum Gasteiger partial charge on any atom is -0.494 e. The van der Waals surface area contributed by atoms with E-state index in [0.717, 1.165) is 36.0 Å². The molecule has 5 aromatic rings. The van der Waals surface area contributed by atoms with Crippen LogP contribution in [0.4, 0.5) is 39.8 Å². The zero-order chi connectivity index (χ0) is 45.8. The van der Waals surface area contributed by atoms with Gasteiger partial charge in [0.05, 0.1) is 57.3 Å². The number of fused-ring (bicyclic) bond motifs is 1. The fourth-order valence-corrected chi connectivity index (χ4v) is 8.05. The monoisotopic (exact) mass is 903 g/mol. The minimum atomic E-state index is -4.52. The van der Waals surface area contributed by atoms with Gasteiger partial charge in [-0.05, 0) is 108 Å². The molecule has 2 aliphatic rings. The van der Waals surface area contributed by atoms with Gasteiger partial charge in [0.1, 0.15) is 22.7 Å². The number of carboxylic acid groups (broad SMARTS) is 1. The number of methoxy groups -OCH3 is 1. The Morgan fingerprint density at radius 1 is 0.781 bits per heavy atom. The van der Waals surface area contributed by atoms with E-state index >= 15 is 0 Å². The average molecular weight is 904 g/mol. The number of hydrogen-bond acceptors (Lipinski definition) is 15. The number of ether oxygens (including phenoxy) is 1. The number of carbonyl (C=O) groups excluding carboxylic acids is 1. The summed E-state index contributed by atoms with van der Waals surface area (Å²) in [6.45, 7) is 1.82. The highest BCUT2D eigenvalue weighted by molar-refractivity contribution is 7.92. The van der Waals surface area contributed by atoms with E-state index in [4.69, 9.17) is 4.74 Å². The number of aliphatic carboxylic acids is 1. The normalized spacial score (nSPS) is 14.6. The van der Waals surface area contributed by atoms with E-state index in [1.54, 1.807) is 60.7 Å². The highest BCUT2D eigenvalue weighted by Crippen LogP contribution is 2.41. The molecule has 7 N–H and O–H groups in total. The summed E-state index contributed by atoms with van der Waals surface area (Å²) in [5, 5.41) is 46.1. The molecule has 0 aromatic heterocycles. The summed E-state index contributed by atoms with van der Waals surface area (Å²) in [5.41, 5.74) is 5.56. The third-order valence-electron chi connectivity index (χ3n) is 9.39. The van der Waals surface area contributed by atoms with Crippen molar-refractivity contribution in [2.24, 2.45) is 24.7 Å². The number of hydrazone groups is 1. The molecule has 0 heterocycles. The molecule has 0 spiro atoms. The summed E-state index contributed by atoms with van der Waals surface area (Å²) >= 11 is 0. The number of carboxylic acids is 1. The summed E-state index contributed by atoms with van der Waals surface area (Å²) in [6.07, 6.45) is 9.13. The van der Waals surface area contributed by atoms with Gasteiger partial charge in [0, 0.05) is 23.2 Å². The fourth-order valence-electron chi connectivity index (χ4n) is 6.31. The standard InChI is InChI=1S/C43H34N8O11S2/c1-25-21-37(49-47-33-18-19-35(45-26-7-4-3-5-8-26)42-31(33)9-6-10-41(42)64(59,60)61)40(62-2)24-36(25)48-46-28-13-11-27(12-14-28)44-34-17-16-30(23-38(34)51(55)56)63(57,58)50-29-15-20-39(52)32(22-29)43(53)54/h3-24,55-56H,1-2H3,(H4-,44,45,46,47,48,49,50,52,53,54,59,60,61)/p+1. The van der Waals surface area contributed by atoms with Crippen LogP contribution in [-0.2, 0) is 34.3 Å². The smallest absolute Gasteiger partial charge is 0.387 e. The number of anilines is 4. The molecule has 0 radical (unpaired) electrons. The number of aliphatic imine (C=N–C) groups is 1. The van der Waals surface area contributed by atoms with Gasteiger partial charge in [0.15, 0.2) is 5.78 Å². The number of ketones is 1. The maximum absolute atomic E-state index is 13.0. The molecule has 0 aliphatic heterocycles. The van der Waals surface area contributed by atoms with Gasteiger partial charge in [-0.2, -0.15) is 27.0 Å². The van der Waals surface area contributed by atoms with Crippen molar-refractivity contribution in [1.29, 1.82) is 0 Å². The van der Waals surface area contributed by atoms with Crippen molar-refractivity contribution < 1.29 is 51.6 Å². The average Bonchev–Trinajstić information content (AvgIpc) is 3.26. The van der Waals surface area contributed by atoms with Gasteiger partial charge in [-0.15, -0.1) is 15.5 Å². The summed E-state index contributed by atoms with van der Waals surface area (Å²) in [4.78, 5) is 26.8. The first-order valence-electron chi connectivity index (χ1n) is 18.6. The van der Waals surface area contributed by atoms with Crippen LogP contribution in [0.5, 0.6) is 5.75 Å². The zero-order valence-electron chi connectivity index (χ0n) is 33.4. The van der Waals surface area contributed by atoms with Gasteiger partial charge in [0.2, 0.25) is 4.90 Å². The summed E-state index contributed by atoms with van der Waals surface area (Å²) in [7, 11) is -7.42. The molecular formula is C43H35N8O11S2+. The lowest BCUT2D eigenvalue weighted by Gasteiger charge is -2.13. The Hall–Kier alpha value is -7.79. The predicted molar refractivity (Wildman–Crippen MR) is 241 cm³/mol. The fraction of sp³-hybridized carbons (Fsp3) is 0.0465. The van der Waals surface area contributed by atoms with E-state index in [2.05, 4.69) is 35.5 Å². The molecule has 0 atom stereocenters. The van der Waals surface area contributed by atoms with Gasteiger partial charge < -0.3 is 15.2 Å². The van der Waals surface area contributed by atoms with E-state index < -0.39 is 48.4 Å². The number of para-hydroxylation sites is 1. The van der Waals surface area contributed by atoms with Crippen molar-refractivity contribution in [3.05, 3.63) is 145 Å². The van der Waals surface area contributed by atoms with E-state index in [-0.39, 0.29) is 26.9 Å². The van der Waals surface area contributed by atoms with Crippen molar-refractivity contribution in [1.82, 2.24) is 0 Å². The van der Waals surface area contributed by atoms with Crippen molar-refractivity contribution in [3.63, 3.8) is 0 Å².